The molecule has 0 spiro atoms. The molecule has 0 aromatic carbocycles. The second-order valence-electron chi connectivity index (χ2n) is 1.63. The monoisotopic (exact) mass is 262 g/mol. The van der Waals surface area contributed by atoms with Crippen molar-refractivity contribution in [2.24, 2.45) is 0 Å². The molecule has 13 heavy (non-hydrogen) atoms. The van der Waals surface area contributed by atoms with Gasteiger partial charge in [0, 0.05) is 23.0 Å². The molecular weight excluding hydrogens is 240 g/mol. The van der Waals surface area contributed by atoms with Crippen LogP contribution in [0.25, 0.3) is 0 Å². The number of hydrogen-bond acceptors (Lipinski definition) is 4. The fourth-order valence-electron chi connectivity index (χ4n) is 0.333. The highest BCUT2D eigenvalue weighted by atomic mass is 33.1. The van der Waals surface area contributed by atoms with Crippen molar-refractivity contribution in [2.45, 2.75) is 27.7 Å². The molecule has 84 valence electrons. The minimum absolute atomic E-state index is 0. The second kappa shape index (κ2) is 23.3. The summed E-state index contributed by atoms with van der Waals surface area (Å²) in [5.74, 6) is 4.94. The maximum Gasteiger partial charge on any atom is 0.000844 e. The van der Waals surface area contributed by atoms with Gasteiger partial charge in [0.25, 0.3) is 0 Å². The van der Waals surface area contributed by atoms with Crippen molar-refractivity contribution in [3.8, 4) is 0 Å². The van der Waals surface area contributed by atoms with Crippen molar-refractivity contribution in [3.63, 3.8) is 0 Å². The molecule has 0 aliphatic carbocycles. The first-order valence-corrected chi connectivity index (χ1v) is 9.29. The van der Waals surface area contributed by atoms with Gasteiger partial charge < -0.3 is 5.48 Å². The van der Waals surface area contributed by atoms with E-state index in [1.165, 1.54) is 23.0 Å². The van der Waals surface area contributed by atoms with Crippen molar-refractivity contribution in [1.82, 2.24) is 0 Å². The Balaban J connectivity index is -0.000000143. The summed E-state index contributed by atoms with van der Waals surface area (Å²) in [7, 11) is 7.70. The zero-order chi connectivity index (χ0) is 9.66. The van der Waals surface area contributed by atoms with E-state index in [-0.39, 0.29) is 5.48 Å². The summed E-state index contributed by atoms with van der Waals surface area (Å²) in [5.41, 5.74) is 0. The van der Waals surface area contributed by atoms with Gasteiger partial charge in [-0.25, -0.2) is 0 Å². The Kier molecular flexibility index (Phi) is 35.6. The molecule has 2 N–H and O–H groups in total. The minimum atomic E-state index is 0. The van der Waals surface area contributed by atoms with Gasteiger partial charge >= 0.3 is 0 Å². The van der Waals surface area contributed by atoms with E-state index in [1.54, 1.807) is 0 Å². The van der Waals surface area contributed by atoms with E-state index in [0.717, 1.165) is 0 Å². The summed E-state index contributed by atoms with van der Waals surface area (Å²) in [6.07, 6.45) is 0. The van der Waals surface area contributed by atoms with Gasteiger partial charge in [-0.3, -0.25) is 0 Å². The van der Waals surface area contributed by atoms with Crippen molar-refractivity contribution >= 4 is 43.2 Å². The van der Waals surface area contributed by atoms with E-state index in [2.05, 4.69) is 27.7 Å². The van der Waals surface area contributed by atoms with Gasteiger partial charge in [-0.15, -0.1) is 0 Å². The van der Waals surface area contributed by atoms with Crippen LogP contribution in [0.3, 0.4) is 0 Å². The highest BCUT2D eigenvalue weighted by Crippen LogP contribution is 2.18. The van der Waals surface area contributed by atoms with Gasteiger partial charge in [-0.2, -0.15) is 0 Å². The molecular formula is C8H22OS4. The van der Waals surface area contributed by atoms with Crippen LogP contribution in [0.1, 0.15) is 27.7 Å². The topological polar surface area (TPSA) is 31.5 Å². The van der Waals surface area contributed by atoms with Gasteiger partial charge in [0.1, 0.15) is 0 Å². The first-order valence-electron chi connectivity index (χ1n) is 4.32. The first kappa shape index (κ1) is 19.9. The average Bonchev–Trinajstić information content (AvgIpc) is 2.12. The molecule has 0 atom stereocenters. The molecule has 0 radical (unpaired) electrons. The predicted octanol–water partition coefficient (Wildman–Crippen LogP) is 3.99. The molecule has 0 unspecified atom stereocenters. The zero-order valence-electron chi connectivity index (χ0n) is 8.96. The van der Waals surface area contributed by atoms with Crippen LogP contribution in [-0.4, -0.2) is 28.5 Å². The van der Waals surface area contributed by atoms with Crippen molar-refractivity contribution in [2.75, 3.05) is 23.0 Å². The standard InChI is InChI=1S/2C4H10S2.H2O/c2*1-3-5-6-4-2;/h2*3-4H2,1-2H3;1H2. The minimum Gasteiger partial charge on any atom is -0.412 e. The molecule has 1 nitrogen and oxygen atoms in total. The van der Waals surface area contributed by atoms with Crippen LogP contribution < -0.4 is 0 Å². The van der Waals surface area contributed by atoms with E-state index in [4.69, 9.17) is 0 Å². The van der Waals surface area contributed by atoms with Crippen LogP contribution in [0.2, 0.25) is 0 Å². The zero-order valence-corrected chi connectivity index (χ0v) is 12.2. The average molecular weight is 263 g/mol. The van der Waals surface area contributed by atoms with Gasteiger partial charge in [-0.05, 0) is 0 Å². The van der Waals surface area contributed by atoms with Gasteiger partial charge in [0.2, 0.25) is 0 Å². The SMILES string of the molecule is CCSSCC.CCSSCC.O. The van der Waals surface area contributed by atoms with Gasteiger partial charge in [0.15, 0.2) is 0 Å². The number of rotatable bonds is 6. The van der Waals surface area contributed by atoms with Gasteiger partial charge in [-0.1, -0.05) is 70.9 Å². The normalized spacial score (nSPS) is 8.31. The highest BCUT2D eigenvalue weighted by molar-refractivity contribution is 8.77. The van der Waals surface area contributed by atoms with Crippen LogP contribution >= 0.6 is 43.2 Å². The predicted molar refractivity (Wildman–Crippen MR) is 76.1 cm³/mol. The molecule has 0 bridgehead atoms. The lowest BCUT2D eigenvalue weighted by atomic mass is 11.0. The third-order valence-corrected chi connectivity index (χ3v) is 5.74. The molecule has 0 saturated heterocycles. The lowest BCUT2D eigenvalue weighted by molar-refractivity contribution is 0.824. The Morgan fingerprint density at radius 2 is 0.692 bits per heavy atom. The summed E-state index contributed by atoms with van der Waals surface area (Å²) in [6, 6.07) is 0. The summed E-state index contributed by atoms with van der Waals surface area (Å²) < 4.78 is 0. The Morgan fingerprint density at radius 3 is 0.769 bits per heavy atom. The van der Waals surface area contributed by atoms with Crippen LogP contribution in [0.15, 0.2) is 0 Å². The quantitative estimate of drug-likeness (QED) is 0.535. The van der Waals surface area contributed by atoms with Gasteiger partial charge in [0.05, 0.1) is 0 Å². The summed E-state index contributed by atoms with van der Waals surface area (Å²) in [6.45, 7) is 8.70. The Morgan fingerprint density at radius 1 is 0.538 bits per heavy atom. The highest BCUT2D eigenvalue weighted by Gasteiger charge is 1.75. The van der Waals surface area contributed by atoms with Crippen molar-refractivity contribution < 1.29 is 5.48 Å². The molecule has 0 heterocycles. The van der Waals surface area contributed by atoms with E-state index in [9.17, 15) is 0 Å². The van der Waals surface area contributed by atoms with E-state index < -0.39 is 0 Å². The van der Waals surface area contributed by atoms with Crippen LogP contribution in [0, 0.1) is 0 Å². The molecule has 0 aliphatic heterocycles. The van der Waals surface area contributed by atoms with Crippen molar-refractivity contribution in [1.29, 1.82) is 0 Å². The third kappa shape index (κ3) is 31.8. The third-order valence-electron chi connectivity index (χ3n) is 0.638. The van der Waals surface area contributed by atoms with E-state index >= 15 is 0 Å². The fourth-order valence-corrected chi connectivity index (χ4v) is 3.00. The Labute approximate surface area is 99.1 Å². The maximum absolute atomic E-state index is 2.17. The fraction of sp³-hybridized carbons (Fsp3) is 1.00. The Bertz CT molecular complexity index is 48.1. The summed E-state index contributed by atoms with van der Waals surface area (Å²) in [4.78, 5) is 0. The first-order chi connectivity index (χ1) is 5.83. The lowest BCUT2D eigenvalue weighted by Crippen LogP contribution is -1.59. The van der Waals surface area contributed by atoms with E-state index in [0.29, 0.717) is 0 Å². The molecule has 0 aliphatic rings. The summed E-state index contributed by atoms with van der Waals surface area (Å²) in [5, 5.41) is 0. The molecule has 0 amide bonds. The largest absolute Gasteiger partial charge is 0.412 e. The Hall–Kier alpha value is 1.36. The van der Waals surface area contributed by atoms with Crippen LogP contribution in [0.4, 0.5) is 0 Å². The molecule has 0 aromatic rings. The van der Waals surface area contributed by atoms with Crippen molar-refractivity contribution in [3.05, 3.63) is 0 Å². The molecule has 5 heteroatoms. The lowest BCUT2D eigenvalue weighted by Gasteiger charge is -1.86. The van der Waals surface area contributed by atoms with Crippen LogP contribution in [-0.2, 0) is 0 Å². The molecule has 0 saturated carbocycles. The number of hydrogen-bond donors (Lipinski definition) is 0. The molecule has 0 aromatic heterocycles. The summed E-state index contributed by atoms with van der Waals surface area (Å²) >= 11 is 0. The molecule has 0 fully saturated rings. The maximum atomic E-state index is 2.17. The van der Waals surface area contributed by atoms with Crippen LogP contribution in [0.5, 0.6) is 0 Å². The van der Waals surface area contributed by atoms with E-state index in [1.807, 2.05) is 43.2 Å². The molecule has 0 rings (SSSR count). The smallest absolute Gasteiger partial charge is 0.000844 e. The second-order valence-corrected chi connectivity index (χ2v) is 7.71.